The second-order valence-electron chi connectivity index (χ2n) is 3.90. The maximum atomic E-state index is 4.44. The number of hydrogen-bond donors (Lipinski definition) is 1. The summed E-state index contributed by atoms with van der Waals surface area (Å²) >= 11 is 0. The van der Waals surface area contributed by atoms with E-state index in [0.29, 0.717) is 0 Å². The number of aryl methyl sites for hydroxylation is 1. The molecule has 0 aliphatic rings. The van der Waals surface area contributed by atoms with E-state index in [1.54, 1.807) is 11.0 Å². The molecule has 1 atom stereocenters. The van der Waals surface area contributed by atoms with E-state index < -0.39 is 0 Å². The highest BCUT2D eigenvalue weighted by Gasteiger charge is 2.08. The normalized spacial score (nSPS) is 12.7. The van der Waals surface area contributed by atoms with Gasteiger partial charge in [-0.15, -0.1) is 5.10 Å². The molecule has 0 saturated carbocycles. The van der Waals surface area contributed by atoms with Crippen LogP contribution in [-0.4, -0.2) is 21.8 Å². The summed E-state index contributed by atoms with van der Waals surface area (Å²) in [6, 6.07) is 8.37. The molecule has 0 radical (unpaired) electrons. The highest BCUT2D eigenvalue weighted by molar-refractivity contribution is 5.34. The summed E-state index contributed by atoms with van der Waals surface area (Å²) in [4.78, 5) is 4.28. The summed E-state index contributed by atoms with van der Waals surface area (Å²) in [5, 5.41) is 7.55. The van der Waals surface area contributed by atoms with E-state index >= 15 is 0 Å². The molecule has 0 spiro atoms. The molecule has 0 fully saturated rings. The van der Waals surface area contributed by atoms with Crippen molar-refractivity contribution in [2.45, 2.75) is 19.9 Å². The molecule has 2 rings (SSSR count). The summed E-state index contributed by atoms with van der Waals surface area (Å²) in [5.74, 6) is 0.809. The predicted octanol–water partition coefficient (Wildman–Crippen LogP) is 1.86. The summed E-state index contributed by atoms with van der Waals surface area (Å²) in [6.45, 7) is 4.10. The van der Waals surface area contributed by atoms with Crippen molar-refractivity contribution in [2.75, 3.05) is 7.05 Å². The number of nitrogens with one attached hydrogen (secondary N) is 1. The maximum Gasteiger partial charge on any atom is 0.167 e. The van der Waals surface area contributed by atoms with Crippen LogP contribution in [0.25, 0.3) is 5.69 Å². The molecule has 1 aromatic carbocycles. The Morgan fingerprint density at radius 1 is 1.38 bits per heavy atom. The molecule has 0 aliphatic heterocycles. The first-order valence-electron chi connectivity index (χ1n) is 5.36. The Bertz CT molecular complexity index is 475. The second-order valence-corrected chi connectivity index (χ2v) is 3.90. The van der Waals surface area contributed by atoms with Crippen LogP contribution in [0.15, 0.2) is 30.6 Å². The van der Waals surface area contributed by atoms with Crippen LogP contribution in [0.2, 0.25) is 0 Å². The average Bonchev–Trinajstić information content (AvgIpc) is 2.77. The van der Waals surface area contributed by atoms with E-state index in [4.69, 9.17) is 0 Å². The Morgan fingerprint density at radius 2 is 2.19 bits per heavy atom. The Morgan fingerprint density at radius 3 is 2.88 bits per heavy atom. The molecule has 1 aromatic heterocycles. The number of rotatable bonds is 3. The van der Waals surface area contributed by atoms with Crippen molar-refractivity contribution in [1.82, 2.24) is 20.1 Å². The van der Waals surface area contributed by atoms with Crippen molar-refractivity contribution in [3.05, 3.63) is 42.0 Å². The molecule has 1 unspecified atom stereocenters. The third kappa shape index (κ3) is 2.12. The van der Waals surface area contributed by atoms with Crippen LogP contribution in [0.3, 0.4) is 0 Å². The largest absolute Gasteiger partial charge is 0.311 e. The smallest absolute Gasteiger partial charge is 0.167 e. The van der Waals surface area contributed by atoms with Crippen LogP contribution in [0.5, 0.6) is 0 Å². The van der Waals surface area contributed by atoms with Gasteiger partial charge in [-0.3, -0.25) is 0 Å². The molecule has 4 heteroatoms. The molecular weight excluding hydrogens is 200 g/mol. The molecule has 16 heavy (non-hydrogen) atoms. The van der Waals surface area contributed by atoms with Crippen molar-refractivity contribution in [2.24, 2.45) is 0 Å². The van der Waals surface area contributed by atoms with Gasteiger partial charge in [0.15, 0.2) is 5.82 Å². The molecular formula is C12H16N4. The maximum absolute atomic E-state index is 4.44. The van der Waals surface area contributed by atoms with Gasteiger partial charge >= 0.3 is 0 Å². The topological polar surface area (TPSA) is 42.7 Å². The standard InChI is InChI=1S/C12H16N4/c1-9-5-4-6-11(7-9)16-8-14-12(15-16)10(2)13-3/h4-8,10,13H,1-3H3. The van der Waals surface area contributed by atoms with Gasteiger partial charge in [0.25, 0.3) is 0 Å². The van der Waals surface area contributed by atoms with Crippen molar-refractivity contribution in [3.8, 4) is 5.69 Å². The predicted molar refractivity (Wildman–Crippen MR) is 63.6 cm³/mol. The lowest BCUT2D eigenvalue weighted by atomic mass is 10.2. The van der Waals surface area contributed by atoms with Gasteiger partial charge in [-0.05, 0) is 38.6 Å². The fraction of sp³-hybridized carbons (Fsp3) is 0.333. The van der Waals surface area contributed by atoms with E-state index in [1.807, 2.05) is 26.1 Å². The van der Waals surface area contributed by atoms with Crippen LogP contribution in [-0.2, 0) is 0 Å². The Labute approximate surface area is 95.3 Å². The fourth-order valence-corrected chi connectivity index (χ4v) is 1.50. The van der Waals surface area contributed by atoms with E-state index in [1.165, 1.54) is 5.56 Å². The van der Waals surface area contributed by atoms with E-state index in [9.17, 15) is 0 Å². The lowest BCUT2D eigenvalue weighted by molar-refractivity contribution is 0.607. The van der Waals surface area contributed by atoms with E-state index in [-0.39, 0.29) is 6.04 Å². The van der Waals surface area contributed by atoms with Gasteiger partial charge in [-0.25, -0.2) is 9.67 Å². The van der Waals surface area contributed by atoms with Crippen molar-refractivity contribution < 1.29 is 0 Å². The molecule has 2 aromatic rings. The van der Waals surface area contributed by atoms with Gasteiger partial charge in [-0.1, -0.05) is 12.1 Å². The SMILES string of the molecule is CNC(C)c1ncn(-c2cccc(C)c2)n1. The molecule has 0 aliphatic carbocycles. The van der Waals surface area contributed by atoms with Gasteiger partial charge in [-0.2, -0.15) is 0 Å². The first-order chi connectivity index (χ1) is 7.70. The second kappa shape index (κ2) is 4.45. The minimum atomic E-state index is 0.172. The molecule has 0 saturated heterocycles. The number of aromatic nitrogens is 3. The zero-order chi connectivity index (χ0) is 11.5. The number of hydrogen-bond acceptors (Lipinski definition) is 3. The highest BCUT2D eigenvalue weighted by atomic mass is 15.3. The van der Waals surface area contributed by atoms with Crippen molar-refractivity contribution in [3.63, 3.8) is 0 Å². The Kier molecular flexibility index (Phi) is 3.01. The zero-order valence-corrected chi connectivity index (χ0v) is 9.81. The molecule has 1 heterocycles. The van der Waals surface area contributed by atoms with Crippen LogP contribution < -0.4 is 5.32 Å². The van der Waals surface area contributed by atoms with Gasteiger partial charge in [0.1, 0.15) is 6.33 Å². The summed E-state index contributed by atoms with van der Waals surface area (Å²) in [6.07, 6.45) is 1.75. The van der Waals surface area contributed by atoms with Crippen LogP contribution >= 0.6 is 0 Å². The van der Waals surface area contributed by atoms with Crippen LogP contribution in [0, 0.1) is 6.92 Å². The van der Waals surface area contributed by atoms with E-state index in [2.05, 4.69) is 34.5 Å². The number of benzene rings is 1. The summed E-state index contributed by atoms with van der Waals surface area (Å²) < 4.78 is 1.80. The lowest BCUT2D eigenvalue weighted by Crippen LogP contribution is -2.14. The van der Waals surface area contributed by atoms with Crippen molar-refractivity contribution >= 4 is 0 Å². The zero-order valence-electron chi connectivity index (χ0n) is 9.81. The molecule has 0 bridgehead atoms. The van der Waals surface area contributed by atoms with Crippen LogP contribution in [0.1, 0.15) is 24.4 Å². The summed E-state index contributed by atoms with van der Waals surface area (Å²) in [5.41, 5.74) is 2.26. The quantitative estimate of drug-likeness (QED) is 0.851. The first-order valence-corrected chi connectivity index (χ1v) is 5.36. The van der Waals surface area contributed by atoms with Gasteiger partial charge in [0.2, 0.25) is 0 Å². The van der Waals surface area contributed by atoms with Crippen molar-refractivity contribution in [1.29, 1.82) is 0 Å². The van der Waals surface area contributed by atoms with E-state index in [0.717, 1.165) is 11.5 Å². The number of nitrogens with zero attached hydrogens (tertiary/aromatic N) is 3. The highest BCUT2D eigenvalue weighted by Crippen LogP contribution is 2.11. The molecule has 4 nitrogen and oxygen atoms in total. The van der Waals surface area contributed by atoms with Gasteiger partial charge in [0, 0.05) is 0 Å². The fourth-order valence-electron chi connectivity index (χ4n) is 1.50. The first kappa shape index (κ1) is 10.8. The minimum Gasteiger partial charge on any atom is -0.311 e. The van der Waals surface area contributed by atoms with Gasteiger partial charge in [0.05, 0.1) is 11.7 Å². The van der Waals surface area contributed by atoms with Crippen LogP contribution in [0.4, 0.5) is 0 Å². The minimum absolute atomic E-state index is 0.172. The monoisotopic (exact) mass is 216 g/mol. The Hall–Kier alpha value is -1.68. The average molecular weight is 216 g/mol. The molecule has 1 N–H and O–H groups in total. The third-order valence-corrected chi connectivity index (χ3v) is 2.60. The molecule has 84 valence electrons. The molecule has 0 amide bonds. The third-order valence-electron chi connectivity index (χ3n) is 2.60. The Balaban J connectivity index is 2.31. The lowest BCUT2D eigenvalue weighted by Gasteiger charge is -2.04. The summed E-state index contributed by atoms with van der Waals surface area (Å²) in [7, 11) is 1.90. The van der Waals surface area contributed by atoms with Gasteiger partial charge < -0.3 is 5.32 Å².